The third-order valence-electron chi connectivity index (χ3n) is 12.7. The van der Waals surface area contributed by atoms with Gasteiger partial charge in [0.25, 0.3) is 0 Å². The van der Waals surface area contributed by atoms with Crippen molar-refractivity contribution < 1.29 is 20.6 Å². The SMILES string of the molecule is [2H]c1c([2H])c([2H])c(-c2ccc(-c3c([2H])c([2H])c([2H])c([2H])c3[2H])c(-n3c4ccccc4c4ccc5c6ccccc6n(-c6nc(-c7ccc8c(c7)C(C)(C)c7ccccc7-8)nc(-c7c([2H])c([2H])c([2H])c([2H])c7[2H])n6)c5c43)c2)c([2H])c1[2H]. The van der Waals surface area contributed by atoms with Gasteiger partial charge in [-0.2, -0.15) is 9.97 Å². The first-order valence-electron chi connectivity index (χ1n) is 28.6. The van der Waals surface area contributed by atoms with Crippen LogP contribution in [0.25, 0.3) is 111 Å². The van der Waals surface area contributed by atoms with Gasteiger partial charge in [-0.25, -0.2) is 4.98 Å². The first-order valence-corrected chi connectivity index (χ1v) is 21.1. The van der Waals surface area contributed by atoms with Gasteiger partial charge in [0, 0.05) is 43.7 Å². The van der Waals surface area contributed by atoms with Crippen molar-refractivity contribution in [3.8, 4) is 67.8 Å². The van der Waals surface area contributed by atoms with E-state index in [0.29, 0.717) is 38.4 Å². The van der Waals surface area contributed by atoms with Crippen LogP contribution in [0, 0.1) is 0 Å². The zero-order valence-electron chi connectivity index (χ0n) is 49.8. The first-order chi connectivity index (χ1) is 38.2. The fraction of sp³-hybridized carbons (Fsp3) is 0.0500. The van der Waals surface area contributed by atoms with E-state index in [-0.39, 0.29) is 51.1 Å². The molecule has 65 heavy (non-hydrogen) atoms. The zero-order valence-corrected chi connectivity index (χ0v) is 34.8. The van der Waals surface area contributed by atoms with E-state index >= 15 is 0 Å². The molecular weight excluding hydrogens is 791 g/mol. The summed E-state index contributed by atoms with van der Waals surface area (Å²) < 4.78 is 136. The molecule has 3 heterocycles. The Labute approximate surface area is 397 Å². The van der Waals surface area contributed by atoms with Crippen molar-refractivity contribution in [2.24, 2.45) is 0 Å². The third kappa shape index (κ3) is 5.68. The number of nitrogens with zero attached hydrogens (tertiary/aromatic N) is 5. The minimum Gasteiger partial charge on any atom is -0.307 e. The van der Waals surface area contributed by atoms with Gasteiger partial charge in [-0.05, 0) is 63.2 Å². The lowest BCUT2D eigenvalue weighted by molar-refractivity contribution is 0.660. The van der Waals surface area contributed by atoms with E-state index in [2.05, 4.69) is 26.0 Å². The molecule has 5 nitrogen and oxygen atoms in total. The van der Waals surface area contributed by atoms with Crippen LogP contribution in [0.3, 0.4) is 0 Å². The number of fused-ring (bicyclic) bond motifs is 10. The molecule has 0 unspecified atom stereocenters. The molecule has 0 spiro atoms. The number of benzene rings is 9. The normalized spacial score (nSPS) is 16.1. The Hall–Kier alpha value is -8.41. The lowest BCUT2D eigenvalue weighted by Gasteiger charge is -2.21. The summed E-state index contributed by atoms with van der Waals surface area (Å²) in [5.41, 5.74) is 6.61. The van der Waals surface area contributed by atoms with E-state index in [9.17, 15) is 5.48 Å². The Bertz CT molecular complexity index is 4690. The summed E-state index contributed by atoms with van der Waals surface area (Å²) in [5, 5.41) is 2.83. The van der Waals surface area contributed by atoms with Crippen molar-refractivity contribution in [2.75, 3.05) is 0 Å². The van der Waals surface area contributed by atoms with E-state index < -0.39 is 96.1 Å². The van der Waals surface area contributed by atoms with Crippen LogP contribution in [0.2, 0.25) is 0 Å². The van der Waals surface area contributed by atoms with Crippen molar-refractivity contribution in [3.05, 3.63) is 223 Å². The molecule has 9 aromatic carbocycles. The minimum atomic E-state index is -0.600. The van der Waals surface area contributed by atoms with E-state index in [1.54, 1.807) is 6.07 Å². The highest BCUT2D eigenvalue weighted by molar-refractivity contribution is 6.24. The van der Waals surface area contributed by atoms with Crippen LogP contribution in [0.15, 0.2) is 212 Å². The fourth-order valence-electron chi connectivity index (χ4n) is 9.73. The number of hydrogen-bond donors (Lipinski definition) is 0. The molecule has 13 rings (SSSR count). The second kappa shape index (κ2) is 14.3. The lowest BCUT2D eigenvalue weighted by Crippen LogP contribution is -2.15. The predicted octanol–water partition coefficient (Wildman–Crippen LogP) is 15.0. The number of para-hydroxylation sites is 2. The number of aromatic nitrogens is 5. The van der Waals surface area contributed by atoms with Gasteiger partial charge < -0.3 is 4.57 Å². The highest BCUT2D eigenvalue weighted by atomic mass is 15.2. The Morgan fingerprint density at radius 1 is 0.400 bits per heavy atom. The molecule has 0 saturated heterocycles. The molecule has 5 heteroatoms. The van der Waals surface area contributed by atoms with Crippen LogP contribution >= 0.6 is 0 Å². The molecule has 1 aliphatic carbocycles. The summed E-state index contributed by atoms with van der Waals surface area (Å²) in [6.07, 6.45) is 0. The molecule has 0 N–H and O–H groups in total. The summed E-state index contributed by atoms with van der Waals surface area (Å²) in [7, 11) is 0. The van der Waals surface area contributed by atoms with Crippen molar-refractivity contribution in [1.29, 1.82) is 0 Å². The Kier molecular flexibility index (Phi) is 5.51. The van der Waals surface area contributed by atoms with Crippen LogP contribution in [0.4, 0.5) is 0 Å². The quantitative estimate of drug-likeness (QED) is 0.167. The summed E-state index contributed by atoms with van der Waals surface area (Å²) >= 11 is 0. The molecule has 0 aliphatic heterocycles. The van der Waals surface area contributed by atoms with Crippen LogP contribution in [-0.2, 0) is 5.41 Å². The van der Waals surface area contributed by atoms with Gasteiger partial charge in [0.1, 0.15) is 0 Å². The highest BCUT2D eigenvalue weighted by Gasteiger charge is 2.35. The average molecular weight is 847 g/mol. The van der Waals surface area contributed by atoms with Crippen LogP contribution in [-0.4, -0.2) is 24.1 Å². The van der Waals surface area contributed by atoms with Crippen LogP contribution < -0.4 is 0 Å². The maximum absolute atomic E-state index is 9.28. The maximum Gasteiger partial charge on any atom is 0.238 e. The molecule has 0 fully saturated rings. The number of rotatable bonds is 6. The van der Waals surface area contributed by atoms with Crippen molar-refractivity contribution in [2.45, 2.75) is 19.3 Å². The van der Waals surface area contributed by atoms with Gasteiger partial charge in [-0.3, -0.25) is 4.57 Å². The first kappa shape index (κ1) is 25.0. The molecule has 12 aromatic rings. The molecule has 1 aliphatic rings. The van der Waals surface area contributed by atoms with Crippen LogP contribution in [0.1, 0.15) is 45.5 Å². The van der Waals surface area contributed by atoms with E-state index in [4.69, 9.17) is 30.0 Å². The second-order valence-electron chi connectivity index (χ2n) is 16.5. The predicted molar refractivity (Wildman–Crippen MR) is 268 cm³/mol. The van der Waals surface area contributed by atoms with Crippen molar-refractivity contribution >= 4 is 43.6 Å². The molecule has 0 atom stereocenters. The Morgan fingerprint density at radius 3 is 1.62 bits per heavy atom. The van der Waals surface area contributed by atoms with E-state index in [1.807, 2.05) is 100 Å². The zero-order chi connectivity index (χ0) is 56.3. The largest absolute Gasteiger partial charge is 0.307 e. The monoisotopic (exact) mass is 846 g/mol. The van der Waals surface area contributed by atoms with Gasteiger partial charge in [0.05, 0.1) is 48.3 Å². The summed E-state index contributed by atoms with van der Waals surface area (Å²) in [4.78, 5) is 15.3. The van der Waals surface area contributed by atoms with Gasteiger partial charge in [-0.1, -0.05) is 202 Å². The van der Waals surface area contributed by atoms with Crippen molar-refractivity contribution in [3.63, 3.8) is 0 Å². The summed E-state index contributed by atoms with van der Waals surface area (Å²) in [5.74, 6) is -0.0487. The lowest BCUT2D eigenvalue weighted by atomic mass is 9.82. The fourth-order valence-corrected chi connectivity index (χ4v) is 9.73. The third-order valence-corrected chi connectivity index (χ3v) is 12.7. The maximum atomic E-state index is 9.28. The van der Waals surface area contributed by atoms with Crippen LogP contribution in [0.5, 0.6) is 0 Å². The molecule has 3 aromatic heterocycles. The molecule has 0 bridgehead atoms. The topological polar surface area (TPSA) is 48.5 Å². The summed E-state index contributed by atoms with van der Waals surface area (Å²) in [6.45, 7) is 4.29. The molecule has 0 radical (unpaired) electrons. The van der Waals surface area contributed by atoms with Gasteiger partial charge >= 0.3 is 0 Å². The molecule has 306 valence electrons. The molecule has 0 saturated carbocycles. The van der Waals surface area contributed by atoms with Crippen molar-refractivity contribution in [1.82, 2.24) is 24.1 Å². The second-order valence-corrected chi connectivity index (χ2v) is 16.5. The Balaban J connectivity index is 1.19. The smallest absolute Gasteiger partial charge is 0.238 e. The number of hydrogen-bond acceptors (Lipinski definition) is 3. The summed E-state index contributed by atoms with van der Waals surface area (Å²) in [6, 6.07) is 29.5. The molecular formula is C60H41N5. The van der Waals surface area contributed by atoms with Gasteiger partial charge in [-0.15, -0.1) is 0 Å². The van der Waals surface area contributed by atoms with E-state index in [1.165, 1.54) is 12.1 Å². The van der Waals surface area contributed by atoms with Gasteiger partial charge in [0.15, 0.2) is 11.6 Å². The standard InChI is InChI=1S/C60H41N5/c1-60(2)50-27-15-12-24-44(50)45-33-31-42(36-51(45)60)58-61-57(40-22-10-5-11-23-40)62-59(63-58)65-53-29-17-14-26-47(53)49-35-34-48-46-25-13-16-28-52(46)64(55(48)56(49)65)54-37-41(38-18-6-3-7-19-38)30-32-43(54)39-20-8-4-9-21-39/h3-37H,1-2H3/i3D,4D,5D,6D,7D,8D,9D,10D,11D,18D,19D,20D,21D,22D,23D. The minimum absolute atomic E-state index is 0.00841. The average Bonchev–Trinajstić information content (AvgIpc) is 4.14. The highest BCUT2D eigenvalue weighted by Crippen LogP contribution is 2.50. The van der Waals surface area contributed by atoms with Gasteiger partial charge in [0.2, 0.25) is 5.95 Å². The Morgan fingerprint density at radius 2 is 0.923 bits per heavy atom. The van der Waals surface area contributed by atoms with E-state index in [0.717, 1.165) is 33.0 Å². The molecule has 0 amide bonds.